The molecule has 1 aromatic carbocycles. The molecular formula is C22H23FN2. The average Bonchev–Trinajstić information content (AvgIpc) is 2.67. The van der Waals surface area contributed by atoms with E-state index in [2.05, 4.69) is 40.9 Å². The molecule has 0 radical (unpaired) electrons. The lowest BCUT2D eigenvalue weighted by atomic mass is 9.82. The summed E-state index contributed by atoms with van der Waals surface area (Å²) in [5.74, 6) is 8.13. The molecule has 3 rings (SSSR count). The summed E-state index contributed by atoms with van der Waals surface area (Å²) in [6.45, 7) is 2.18. The lowest BCUT2D eigenvalue weighted by molar-refractivity contribution is 0.364. The van der Waals surface area contributed by atoms with Gasteiger partial charge >= 0.3 is 0 Å². The zero-order valence-corrected chi connectivity index (χ0v) is 14.6. The highest BCUT2D eigenvalue weighted by Gasteiger charge is 2.17. The first-order valence-corrected chi connectivity index (χ1v) is 9.01. The first kappa shape index (κ1) is 17.4. The predicted octanol–water partition coefficient (Wildman–Crippen LogP) is 5.41. The third kappa shape index (κ3) is 5.00. The molecule has 0 N–H and O–H groups in total. The van der Waals surface area contributed by atoms with Gasteiger partial charge in [0.15, 0.2) is 5.82 Å². The average molecular weight is 334 g/mol. The molecule has 0 amide bonds. The number of hydrogen-bond acceptors (Lipinski definition) is 2. The molecule has 1 fully saturated rings. The van der Waals surface area contributed by atoms with Crippen LogP contribution in [0.4, 0.5) is 4.39 Å². The Morgan fingerprint density at radius 1 is 1.08 bits per heavy atom. The van der Waals surface area contributed by atoms with Gasteiger partial charge in [-0.05, 0) is 62.3 Å². The maximum atomic E-state index is 13.0. The van der Waals surface area contributed by atoms with E-state index in [4.69, 9.17) is 0 Å². The Balaban J connectivity index is 1.58. The minimum atomic E-state index is -0.258. The lowest BCUT2D eigenvalue weighted by Crippen LogP contribution is -2.11. The molecule has 0 bridgehead atoms. The highest BCUT2D eigenvalue weighted by Crippen LogP contribution is 2.29. The smallest absolute Gasteiger partial charge is 0.159 e. The quantitative estimate of drug-likeness (QED) is 0.554. The van der Waals surface area contributed by atoms with Crippen LogP contribution >= 0.6 is 0 Å². The minimum absolute atomic E-state index is 0.258. The fraction of sp³-hybridized carbons (Fsp3) is 0.364. The molecule has 128 valence electrons. The van der Waals surface area contributed by atoms with Crippen LogP contribution < -0.4 is 0 Å². The monoisotopic (exact) mass is 334 g/mol. The van der Waals surface area contributed by atoms with Crippen molar-refractivity contribution in [1.29, 1.82) is 0 Å². The maximum Gasteiger partial charge on any atom is 0.159 e. The topological polar surface area (TPSA) is 25.8 Å². The lowest BCUT2D eigenvalue weighted by Gasteiger charge is -2.23. The molecule has 1 aliphatic carbocycles. The van der Waals surface area contributed by atoms with Crippen molar-refractivity contribution in [3.8, 4) is 23.2 Å². The summed E-state index contributed by atoms with van der Waals surface area (Å²) in [5.41, 5.74) is 1.64. The first-order chi connectivity index (χ1) is 12.2. The molecule has 2 nitrogen and oxygen atoms in total. The predicted molar refractivity (Wildman–Crippen MR) is 99.2 cm³/mol. The molecule has 1 heterocycles. The Morgan fingerprint density at radius 2 is 1.76 bits per heavy atom. The summed E-state index contributed by atoms with van der Waals surface area (Å²) in [6, 6.07) is 6.19. The summed E-state index contributed by atoms with van der Waals surface area (Å²) in [5, 5.41) is 0. The highest BCUT2D eigenvalue weighted by molar-refractivity contribution is 5.54. The number of rotatable bonds is 3. The van der Waals surface area contributed by atoms with E-state index in [-0.39, 0.29) is 5.82 Å². The van der Waals surface area contributed by atoms with E-state index < -0.39 is 0 Å². The van der Waals surface area contributed by atoms with Gasteiger partial charge in [-0.15, -0.1) is 0 Å². The van der Waals surface area contributed by atoms with Crippen LogP contribution in [0.15, 0.2) is 48.8 Å². The molecular weight excluding hydrogens is 311 g/mol. The molecule has 1 aliphatic rings. The van der Waals surface area contributed by atoms with Crippen molar-refractivity contribution >= 4 is 0 Å². The SMILES string of the molecule is CC/C=C/[C@H]1CC[C@H](C#Cc2cnc(-c3ccc(F)cc3)nc2)CC1. The summed E-state index contributed by atoms with van der Waals surface area (Å²) in [6.07, 6.45) is 14.0. The Kier molecular flexibility index (Phi) is 5.95. The zero-order valence-electron chi connectivity index (χ0n) is 14.6. The zero-order chi connectivity index (χ0) is 17.5. The second-order valence-electron chi connectivity index (χ2n) is 6.52. The first-order valence-electron chi connectivity index (χ1n) is 9.01. The number of benzene rings is 1. The third-order valence-corrected chi connectivity index (χ3v) is 4.59. The summed E-state index contributed by atoms with van der Waals surface area (Å²) < 4.78 is 13.0. The van der Waals surface area contributed by atoms with Crippen LogP contribution in [0.1, 0.15) is 44.6 Å². The van der Waals surface area contributed by atoms with Crippen molar-refractivity contribution in [2.24, 2.45) is 11.8 Å². The van der Waals surface area contributed by atoms with Crippen molar-refractivity contribution < 1.29 is 4.39 Å². The Labute approximate surface area is 149 Å². The second-order valence-corrected chi connectivity index (χ2v) is 6.52. The van der Waals surface area contributed by atoms with Crippen LogP contribution in [-0.2, 0) is 0 Å². The third-order valence-electron chi connectivity index (χ3n) is 4.59. The summed E-state index contributed by atoms with van der Waals surface area (Å²) >= 11 is 0. The van der Waals surface area contributed by atoms with Crippen molar-refractivity contribution in [1.82, 2.24) is 9.97 Å². The fourth-order valence-electron chi connectivity index (χ4n) is 3.11. The minimum Gasteiger partial charge on any atom is -0.235 e. The molecule has 1 saturated carbocycles. The van der Waals surface area contributed by atoms with Gasteiger partial charge in [0.1, 0.15) is 5.82 Å². The number of halogens is 1. The van der Waals surface area contributed by atoms with Gasteiger partial charge in [-0.3, -0.25) is 0 Å². The molecule has 0 unspecified atom stereocenters. The van der Waals surface area contributed by atoms with Gasteiger partial charge in [0.2, 0.25) is 0 Å². The van der Waals surface area contributed by atoms with Crippen LogP contribution in [0, 0.1) is 29.5 Å². The van der Waals surface area contributed by atoms with Gasteiger partial charge in [-0.1, -0.05) is 30.9 Å². The molecule has 0 spiro atoms. The number of aromatic nitrogens is 2. The van der Waals surface area contributed by atoms with E-state index in [0.29, 0.717) is 11.7 Å². The van der Waals surface area contributed by atoms with E-state index in [1.165, 1.54) is 37.8 Å². The van der Waals surface area contributed by atoms with E-state index in [1.807, 2.05) is 0 Å². The molecule has 25 heavy (non-hydrogen) atoms. The molecule has 0 saturated heterocycles. The van der Waals surface area contributed by atoms with Crippen LogP contribution in [-0.4, -0.2) is 9.97 Å². The van der Waals surface area contributed by atoms with Crippen molar-refractivity contribution in [3.63, 3.8) is 0 Å². The van der Waals surface area contributed by atoms with E-state index >= 15 is 0 Å². The second kappa shape index (κ2) is 8.58. The van der Waals surface area contributed by atoms with Crippen LogP contribution in [0.25, 0.3) is 11.4 Å². The fourth-order valence-corrected chi connectivity index (χ4v) is 3.11. The van der Waals surface area contributed by atoms with Gasteiger partial charge in [0, 0.05) is 23.9 Å². The van der Waals surface area contributed by atoms with Gasteiger partial charge in [-0.2, -0.15) is 0 Å². The van der Waals surface area contributed by atoms with Crippen molar-refractivity contribution in [2.75, 3.05) is 0 Å². The van der Waals surface area contributed by atoms with Crippen molar-refractivity contribution in [3.05, 3.63) is 60.2 Å². The normalized spacial score (nSPS) is 20.2. The molecule has 1 aromatic heterocycles. The number of nitrogens with zero attached hydrogens (tertiary/aromatic N) is 2. The van der Waals surface area contributed by atoms with E-state index in [9.17, 15) is 4.39 Å². The standard InChI is InChI=1S/C22H23FN2/c1-2-3-4-17-5-7-18(8-6-17)9-10-19-15-24-22(25-16-19)20-11-13-21(23)14-12-20/h3-4,11-18H,2,5-8H2,1H3/b4-3+/t17-,18-. The highest BCUT2D eigenvalue weighted by atomic mass is 19.1. The molecule has 3 heteroatoms. The van der Waals surface area contributed by atoms with Crippen LogP contribution in [0.2, 0.25) is 0 Å². The number of hydrogen-bond donors (Lipinski definition) is 0. The summed E-state index contributed by atoms with van der Waals surface area (Å²) in [7, 11) is 0. The summed E-state index contributed by atoms with van der Waals surface area (Å²) in [4.78, 5) is 8.69. The molecule has 2 aromatic rings. The largest absolute Gasteiger partial charge is 0.235 e. The maximum absolute atomic E-state index is 13.0. The van der Waals surface area contributed by atoms with Crippen LogP contribution in [0.3, 0.4) is 0 Å². The van der Waals surface area contributed by atoms with E-state index in [0.717, 1.165) is 23.5 Å². The van der Waals surface area contributed by atoms with Gasteiger partial charge in [0.05, 0.1) is 5.56 Å². The van der Waals surface area contributed by atoms with Crippen molar-refractivity contribution in [2.45, 2.75) is 39.0 Å². The Morgan fingerprint density at radius 3 is 2.40 bits per heavy atom. The molecule has 0 atom stereocenters. The van der Waals surface area contributed by atoms with Gasteiger partial charge in [0.25, 0.3) is 0 Å². The van der Waals surface area contributed by atoms with Gasteiger partial charge < -0.3 is 0 Å². The molecule has 0 aliphatic heterocycles. The van der Waals surface area contributed by atoms with Crippen LogP contribution in [0.5, 0.6) is 0 Å². The number of allylic oxidation sites excluding steroid dienone is 2. The van der Waals surface area contributed by atoms with E-state index in [1.54, 1.807) is 24.5 Å². The Bertz CT molecular complexity index is 758. The van der Waals surface area contributed by atoms with Gasteiger partial charge in [-0.25, -0.2) is 14.4 Å². The Hall–Kier alpha value is -2.47.